The number of rotatable bonds is 5. The molecule has 2 fully saturated rings. The van der Waals surface area contributed by atoms with E-state index < -0.39 is 0 Å². The molecule has 6 nitrogen and oxygen atoms in total. The summed E-state index contributed by atoms with van der Waals surface area (Å²) < 4.78 is 5.25. The number of pyridine rings is 1. The first-order chi connectivity index (χ1) is 11.8. The predicted octanol–water partition coefficient (Wildman–Crippen LogP) is 2.87. The molecule has 24 heavy (non-hydrogen) atoms. The Labute approximate surface area is 141 Å². The van der Waals surface area contributed by atoms with Gasteiger partial charge in [-0.05, 0) is 38.2 Å². The molecule has 1 aliphatic heterocycles. The lowest BCUT2D eigenvalue weighted by atomic mass is 10.1. The fourth-order valence-corrected chi connectivity index (χ4v) is 3.29. The molecule has 1 saturated heterocycles. The highest BCUT2D eigenvalue weighted by Gasteiger charge is 2.32. The highest BCUT2D eigenvalue weighted by Crippen LogP contribution is 2.41. The van der Waals surface area contributed by atoms with E-state index in [4.69, 9.17) is 4.52 Å². The van der Waals surface area contributed by atoms with E-state index in [1.807, 2.05) is 18.3 Å². The van der Waals surface area contributed by atoms with Gasteiger partial charge < -0.3 is 14.7 Å². The Morgan fingerprint density at radius 2 is 2.12 bits per heavy atom. The zero-order valence-electron chi connectivity index (χ0n) is 13.7. The lowest BCUT2D eigenvalue weighted by molar-refractivity contribution is 0.0949. The van der Waals surface area contributed by atoms with Crippen molar-refractivity contribution in [1.82, 2.24) is 15.5 Å². The van der Waals surface area contributed by atoms with Crippen molar-refractivity contribution < 1.29 is 9.32 Å². The molecule has 0 spiro atoms. The maximum Gasteiger partial charge on any atom is 0.256 e. The lowest BCUT2D eigenvalue weighted by Gasteiger charge is -2.29. The van der Waals surface area contributed by atoms with E-state index in [0.717, 1.165) is 43.1 Å². The Morgan fingerprint density at radius 3 is 2.92 bits per heavy atom. The van der Waals surface area contributed by atoms with Crippen LogP contribution in [0.25, 0.3) is 0 Å². The first kappa shape index (κ1) is 15.2. The molecule has 6 heteroatoms. The molecule has 1 N–H and O–H groups in total. The van der Waals surface area contributed by atoms with Gasteiger partial charge in [-0.15, -0.1) is 0 Å². The Kier molecular flexibility index (Phi) is 4.19. The number of aromatic nitrogens is 2. The second-order valence-corrected chi connectivity index (χ2v) is 6.59. The second-order valence-electron chi connectivity index (χ2n) is 6.59. The van der Waals surface area contributed by atoms with Crippen LogP contribution >= 0.6 is 0 Å². The Bertz CT molecular complexity index is 717. The number of hydrogen-bond donors (Lipinski definition) is 1. The molecule has 0 bridgehead atoms. The zero-order valence-corrected chi connectivity index (χ0v) is 13.7. The van der Waals surface area contributed by atoms with Crippen LogP contribution in [0.15, 0.2) is 29.0 Å². The number of piperidine rings is 1. The minimum absolute atomic E-state index is 0.119. The molecule has 0 aromatic carbocycles. The summed E-state index contributed by atoms with van der Waals surface area (Å²) in [6.07, 6.45) is 9.20. The number of nitrogens with zero attached hydrogens (tertiary/aromatic N) is 3. The monoisotopic (exact) mass is 326 g/mol. The summed E-state index contributed by atoms with van der Waals surface area (Å²) in [4.78, 5) is 19.3. The highest BCUT2D eigenvalue weighted by molar-refractivity contribution is 5.95. The van der Waals surface area contributed by atoms with Crippen LogP contribution in [-0.4, -0.2) is 29.1 Å². The fourth-order valence-electron chi connectivity index (χ4n) is 3.29. The standard InChI is InChI=1S/C18H22N4O2/c23-18(15-12-21-24-16(15)13-6-7-13)20-11-14-5-4-8-19-17(14)22-9-2-1-3-10-22/h4-5,8,12-13H,1-3,6-7,9-11H2,(H,20,23). The van der Waals surface area contributed by atoms with Gasteiger partial charge in [0.25, 0.3) is 5.91 Å². The van der Waals surface area contributed by atoms with Crippen molar-refractivity contribution in [3.05, 3.63) is 41.4 Å². The smallest absolute Gasteiger partial charge is 0.256 e. The van der Waals surface area contributed by atoms with Crippen molar-refractivity contribution in [3.63, 3.8) is 0 Å². The van der Waals surface area contributed by atoms with Crippen molar-refractivity contribution >= 4 is 11.7 Å². The first-order valence-corrected chi connectivity index (χ1v) is 8.74. The summed E-state index contributed by atoms with van der Waals surface area (Å²) >= 11 is 0. The summed E-state index contributed by atoms with van der Waals surface area (Å²) in [6.45, 7) is 2.54. The quantitative estimate of drug-likeness (QED) is 0.915. The van der Waals surface area contributed by atoms with Gasteiger partial charge in [-0.3, -0.25) is 4.79 Å². The third-order valence-electron chi connectivity index (χ3n) is 4.75. The second kappa shape index (κ2) is 6.63. The van der Waals surface area contributed by atoms with Gasteiger partial charge in [0.1, 0.15) is 11.4 Å². The van der Waals surface area contributed by atoms with E-state index in [0.29, 0.717) is 18.0 Å². The van der Waals surface area contributed by atoms with Crippen molar-refractivity contribution in [2.75, 3.05) is 18.0 Å². The Balaban J connectivity index is 1.45. The number of carbonyl (C=O) groups excluding carboxylic acids is 1. The summed E-state index contributed by atoms with van der Waals surface area (Å²) in [7, 11) is 0. The van der Waals surface area contributed by atoms with Crippen LogP contribution in [0.3, 0.4) is 0 Å². The van der Waals surface area contributed by atoms with Crippen LogP contribution in [0.2, 0.25) is 0 Å². The average Bonchev–Trinajstić information content (AvgIpc) is 3.37. The molecule has 4 rings (SSSR count). The molecule has 3 heterocycles. The summed E-state index contributed by atoms with van der Waals surface area (Å²) in [6, 6.07) is 3.95. The van der Waals surface area contributed by atoms with Gasteiger partial charge in [-0.2, -0.15) is 0 Å². The maximum absolute atomic E-state index is 12.5. The molecular weight excluding hydrogens is 304 g/mol. The largest absolute Gasteiger partial charge is 0.360 e. The molecule has 0 radical (unpaired) electrons. The van der Waals surface area contributed by atoms with Crippen LogP contribution < -0.4 is 10.2 Å². The predicted molar refractivity (Wildman–Crippen MR) is 89.9 cm³/mol. The summed E-state index contributed by atoms with van der Waals surface area (Å²) in [5.74, 6) is 1.97. The van der Waals surface area contributed by atoms with Crippen molar-refractivity contribution in [3.8, 4) is 0 Å². The van der Waals surface area contributed by atoms with Gasteiger partial charge in [-0.1, -0.05) is 11.2 Å². The van der Waals surface area contributed by atoms with Gasteiger partial charge in [0.2, 0.25) is 0 Å². The number of carbonyl (C=O) groups is 1. The highest BCUT2D eigenvalue weighted by atomic mass is 16.5. The number of nitrogens with one attached hydrogen (secondary N) is 1. The lowest BCUT2D eigenvalue weighted by Crippen LogP contribution is -2.32. The minimum atomic E-state index is -0.119. The van der Waals surface area contributed by atoms with Crippen LogP contribution in [0.1, 0.15) is 59.7 Å². The van der Waals surface area contributed by atoms with Gasteiger partial charge in [0, 0.05) is 37.3 Å². The van der Waals surface area contributed by atoms with E-state index in [-0.39, 0.29) is 5.91 Å². The van der Waals surface area contributed by atoms with Gasteiger partial charge in [0.05, 0.1) is 6.20 Å². The van der Waals surface area contributed by atoms with E-state index >= 15 is 0 Å². The van der Waals surface area contributed by atoms with Crippen molar-refractivity contribution in [2.24, 2.45) is 0 Å². The third kappa shape index (κ3) is 3.13. The Hall–Kier alpha value is -2.37. The van der Waals surface area contributed by atoms with E-state index in [1.54, 1.807) is 0 Å². The van der Waals surface area contributed by atoms with Crippen LogP contribution in [0, 0.1) is 0 Å². The van der Waals surface area contributed by atoms with Crippen LogP contribution in [-0.2, 0) is 6.54 Å². The van der Waals surface area contributed by atoms with E-state index in [1.165, 1.54) is 25.5 Å². The third-order valence-corrected chi connectivity index (χ3v) is 4.75. The number of anilines is 1. The fraction of sp³-hybridized carbons (Fsp3) is 0.500. The van der Waals surface area contributed by atoms with E-state index in [2.05, 4.69) is 20.4 Å². The first-order valence-electron chi connectivity index (χ1n) is 8.74. The van der Waals surface area contributed by atoms with Crippen LogP contribution in [0.4, 0.5) is 5.82 Å². The van der Waals surface area contributed by atoms with Gasteiger partial charge >= 0.3 is 0 Å². The SMILES string of the molecule is O=C(NCc1cccnc1N1CCCCC1)c1cnoc1C1CC1. The van der Waals surface area contributed by atoms with Gasteiger partial charge in [-0.25, -0.2) is 4.98 Å². The van der Waals surface area contributed by atoms with Crippen molar-refractivity contribution in [1.29, 1.82) is 0 Å². The van der Waals surface area contributed by atoms with Crippen molar-refractivity contribution in [2.45, 2.75) is 44.6 Å². The molecule has 1 saturated carbocycles. The minimum Gasteiger partial charge on any atom is -0.360 e. The molecule has 2 aromatic heterocycles. The van der Waals surface area contributed by atoms with Crippen LogP contribution in [0.5, 0.6) is 0 Å². The molecule has 2 aliphatic rings. The zero-order chi connectivity index (χ0) is 16.4. The molecule has 2 aromatic rings. The molecule has 0 atom stereocenters. The normalized spacial score (nSPS) is 17.8. The molecule has 1 aliphatic carbocycles. The Morgan fingerprint density at radius 1 is 1.29 bits per heavy atom. The summed E-state index contributed by atoms with van der Waals surface area (Å²) in [5.41, 5.74) is 1.62. The van der Waals surface area contributed by atoms with E-state index in [9.17, 15) is 4.79 Å². The maximum atomic E-state index is 12.5. The molecule has 126 valence electrons. The topological polar surface area (TPSA) is 71.3 Å². The summed E-state index contributed by atoms with van der Waals surface area (Å²) in [5, 5.41) is 6.79. The number of hydrogen-bond acceptors (Lipinski definition) is 5. The number of amides is 1. The average molecular weight is 326 g/mol. The molecular formula is C18H22N4O2. The molecule has 0 unspecified atom stereocenters. The van der Waals surface area contributed by atoms with Gasteiger partial charge in [0.15, 0.2) is 5.76 Å². The molecule has 1 amide bonds.